The topological polar surface area (TPSA) is 63.4 Å². The second-order valence-electron chi connectivity index (χ2n) is 4.59. The molecule has 1 fully saturated rings. The van der Waals surface area contributed by atoms with Gasteiger partial charge in [-0.15, -0.1) is 0 Å². The fourth-order valence-corrected chi connectivity index (χ4v) is 3.42. The molecule has 90 valence electrons. The fourth-order valence-electron chi connectivity index (χ4n) is 2.10. The van der Waals surface area contributed by atoms with Crippen molar-refractivity contribution < 1.29 is 8.42 Å². The van der Waals surface area contributed by atoms with Gasteiger partial charge in [0.1, 0.15) is 0 Å². The van der Waals surface area contributed by atoms with E-state index in [1.165, 1.54) is 0 Å². The third kappa shape index (κ3) is 3.43. The average Bonchev–Trinajstić information content (AvgIpc) is 2.18. The molecule has 0 aromatic carbocycles. The zero-order chi connectivity index (χ0) is 11.5. The van der Waals surface area contributed by atoms with Gasteiger partial charge in [0.25, 0.3) is 0 Å². The lowest BCUT2D eigenvalue weighted by atomic mass is 9.87. The summed E-state index contributed by atoms with van der Waals surface area (Å²) in [6.07, 6.45) is 1.98. The number of hydrogen-bond acceptors (Lipinski definition) is 3. The number of rotatable bonds is 4. The maximum atomic E-state index is 11.7. The van der Waals surface area contributed by atoms with Crippen molar-refractivity contribution in [1.29, 1.82) is 0 Å². The van der Waals surface area contributed by atoms with Crippen molar-refractivity contribution in [1.82, 2.24) is 4.31 Å². The molecule has 0 radical (unpaired) electrons. The first kappa shape index (κ1) is 12.9. The molecule has 1 saturated heterocycles. The van der Waals surface area contributed by atoms with Crippen molar-refractivity contribution in [3.63, 3.8) is 0 Å². The van der Waals surface area contributed by atoms with Crippen LogP contribution in [-0.4, -0.2) is 38.1 Å². The maximum absolute atomic E-state index is 11.7. The van der Waals surface area contributed by atoms with Gasteiger partial charge >= 0.3 is 0 Å². The molecule has 0 saturated carbocycles. The molecule has 0 aliphatic carbocycles. The van der Waals surface area contributed by atoms with Gasteiger partial charge in [-0.05, 0) is 24.7 Å². The van der Waals surface area contributed by atoms with Crippen molar-refractivity contribution >= 4 is 10.0 Å². The lowest BCUT2D eigenvalue weighted by Gasteiger charge is -2.33. The van der Waals surface area contributed by atoms with E-state index in [2.05, 4.69) is 13.8 Å². The molecule has 1 heterocycles. The number of piperidine rings is 1. The smallest absolute Gasteiger partial charge is 0.215 e. The molecular formula is C10H22N2O2S. The van der Waals surface area contributed by atoms with E-state index >= 15 is 0 Å². The maximum Gasteiger partial charge on any atom is 0.215 e. The van der Waals surface area contributed by atoms with Crippen LogP contribution in [0.4, 0.5) is 0 Å². The van der Waals surface area contributed by atoms with E-state index < -0.39 is 10.0 Å². The molecule has 4 nitrogen and oxygen atoms in total. The summed E-state index contributed by atoms with van der Waals surface area (Å²) >= 11 is 0. The molecule has 1 aliphatic rings. The van der Waals surface area contributed by atoms with E-state index in [0.29, 0.717) is 24.9 Å². The van der Waals surface area contributed by atoms with E-state index in [4.69, 9.17) is 5.73 Å². The Morgan fingerprint density at radius 2 is 1.87 bits per heavy atom. The van der Waals surface area contributed by atoms with Crippen LogP contribution >= 0.6 is 0 Å². The Morgan fingerprint density at radius 1 is 1.33 bits per heavy atom. The van der Waals surface area contributed by atoms with Gasteiger partial charge in [0, 0.05) is 19.6 Å². The first-order valence-electron chi connectivity index (χ1n) is 5.65. The van der Waals surface area contributed by atoms with Crippen LogP contribution in [0.3, 0.4) is 0 Å². The van der Waals surface area contributed by atoms with Crippen LogP contribution in [0.5, 0.6) is 0 Å². The molecule has 0 bridgehead atoms. The van der Waals surface area contributed by atoms with Gasteiger partial charge < -0.3 is 5.73 Å². The second-order valence-corrected chi connectivity index (χ2v) is 6.67. The molecule has 0 amide bonds. The average molecular weight is 234 g/mol. The van der Waals surface area contributed by atoms with Crippen molar-refractivity contribution in [2.75, 3.05) is 25.4 Å². The van der Waals surface area contributed by atoms with Crippen LogP contribution in [0.2, 0.25) is 0 Å². The summed E-state index contributed by atoms with van der Waals surface area (Å²) in [5.74, 6) is 1.41. The van der Waals surface area contributed by atoms with Gasteiger partial charge in [0.2, 0.25) is 10.0 Å². The second kappa shape index (κ2) is 5.27. The predicted molar refractivity (Wildman–Crippen MR) is 62.0 cm³/mol. The summed E-state index contributed by atoms with van der Waals surface area (Å²) in [7, 11) is -3.07. The van der Waals surface area contributed by atoms with Crippen molar-refractivity contribution in [3.8, 4) is 0 Å². The van der Waals surface area contributed by atoms with Gasteiger partial charge in [-0.3, -0.25) is 0 Å². The molecule has 1 aliphatic heterocycles. The summed E-state index contributed by atoms with van der Waals surface area (Å²) in [5.41, 5.74) is 5.29. The molecule has 2 N–H and O–H groups in total. The quantitative estimate of drug-likeness (QED) is 0.776. The van der Waals surface area contributed by atoms with Crippen molar-refractivity contribution in [2.45, 2.75) is 26.7 Å². The van der Waals surface area contributed by atoms with Crippen LogP contribution in [0.1, 0.15) is 26.7 Å². The standard InChI is InChI=1S/C10H22N2O2S/c1-9(2)10-3-6-12(7-4-10)15(13,14)8-5-11/h9-10H,3-8,11H2,1-2H3. The van der Waals surface area contributed by atoms with Crippen LogP contribution in [0.25, 0.3) is 0 Å². The molecule has 0 aromatic heterocycles. The summed E-state index contributed by atoms with van der Waals surface area (Å²) in [6.45, 7) is 5.96. The SMILES string of the molecule is CC(C)C1CCN(S(=O)(=O)CCN)CC1. The minimum absolute atomic E-state index is 0.0827. The number of hydrogen-bond donors (Lipinski definition) is 1. The Kier molecular flexibility index (Phi) is 4.55. The predicted octanol–water partition coefficient (Wildman–Crippen LogP) is 0.643. The summed E-state index contributed by atoms with van der Waals surface area (Å²) in [6, 6.07) is 0. The Morgan fingerprint density at radius 3 is 2.27 bits per heavy atom. The molecule has 0 aromatic rings. The monoisotopic (exact) mass is 234 g/mol. The van der Waals surface area contributed by atoms with Crippen LogP contribution in [-0.2, 0) is 10.0 Å². The molecule has 1 rings (SSSR count). The molecule has 0 spiro atoms. The Balaban J connectivity index is 2.50. The highest BCUT2D eigenvalue weighted by atomic mass is 32.2. The third-order valence-corrected chi connectivity index (χ3v) is 5.11. The zero-order valence-electron chi connectivity index (χ0n) is 9.65. The van der Waals surface area contributed by atoms with E-state index in [0.717, 1.165) is 12.8 Å². The number of sulfonamides is 1. The highest BCUT2D eigenvalue weighted by Crippen LogP contribution is 2.25. The van der Waals surface area contributed by atoms with Crippen molar-refractivity contribution in [3.05, 3.63) is 0 Å². The van der Waals surface area contributed by atoms with E-state index in [1.807, 2.05) is 0 Å². The van der Waals surface area contributed by atoms with E-state index in [9.17, 15) is 8.42 Å². The van der Waals surface area contributed by atoms with Gasteiger partial charge in [-0.1, -0.05) is 13.8 Å². The minimum atomic E-state index is -3.07. The largest absolute Gasteiger partial charge is 0.329 e. The lowest BCUT2D eigenvalue weighted by Crippen LogP contribution is -2.41. The van der Waals surface area contributed by atoms with Crippen LogP contribution in [0.15, 0.2) is 0 Å². The molecule has 0 atom stereocenters. The highest BCUT2D eigenvalue weighted by Gasteiger charge is 2.28. The molecule has 5 heteroatoms. The Bertz CT molecular complexity index is 280. The van der Waals surface area contributed by atoms with Gasteiger partial charge in [-0.25, -0.2) is 12.7 Å². The Hall–Kier alpha value is -0.130. The first-order chi connectivity index (χ1) is 6.97. The molecule has 0 unspecified atom stereocenters. The number of nitrogens with two attached hydrogens (primary N) is 1. The molecular weight excluding hydrogens is 212 g/mol. The fraction of sp³-hybridized carbons (Fsp3) is 1.00. The normalized spacial score (nSPS) is 21.1. The summed E-state index contributed by atoms with van der Waals surface area (Å²) < 4.78 is 25.0. The zero-order valence-corrected chi connectivity index (χ0v) is 10.5. The van der Waals surface area contributed by atoms with Crippen molar-refractivity contribution in [2.24, 2.45) is 17.6 Å². The summed E-state index contributed by atoms with van der Waals surface area (Å²) in [5, 5.41) is 0. The van der Waals surface area contributed by atoms with E-state index in [-0.39, 0.29) is 12.3 Å². The minimum Gasteiger partial charge on any atom is -0.329 e. The first-order valence-corrected chi connectivity index (χ1v) is 7.26. The lowest BCUT2D eigenvalue weighted by molar-refractivity contribution is 0.226. The third-order valence-electron chi connectivity index (χ3n) is 3.21. The van der Waals surface area contributed by atoms with Gasteiger partial charge in [0.15, 0.2) is 0 Å². The highest BCUT2D eigenvalue weighted by molar-refractivity contribution is 7.89. The van der Waals surface area contributed by atoms with E-state index in [1.54, 1.807) is 4.31 Å². The molecule has 15 heavy (non-hydrogen) atoms. The van der Waals surface area contributed by atoms with Gasteiger partial charge in [0.05, 0.1) is 5.75 Å². The van der Waals surface area contributed by atoms with Crippen LogP contribution in [0, 0.1) is 11.8 Å². The summed E-state index contributed by atoms with van der Waals surface area (Å²) in [4.78, 5) is 0. The van der Waals surface area contributed by atoms with Gasteiger partial charge in [-0.2, -0.15) is 0 Å². The van der Waals surface area contributed by atoms with Crippen LogP contribution < -0.4 is 5.73 Å². The number of nitrogens with zero attached hydrogens (tertiary/aromatic N) is 1. The Labute approximate surface area is 92.9 Å².